The molecule has 0 bridgehead atoms. The monoisotopic (exact) mass is 445 g/mol. The molecule has 1 N–H and O–H groups in total. The van der Waals surface area contributed by atoms with Crippen LogP contribution in [0.25, 0.3) is 0 Å². The molecule has 1 fully saturated rings. The highest BCUT2D eigenvalue weighted by atomic mass is 79.9. The summed E-state index contributed by atoms with van der Waals surface area (Å²) in [6, 6.07) is 3.46. The summed E-state index contributed by atoms with van der Waals surface area (Å²) in [5.74, 6) is -0.584. The fourth-order valence-corrected chi connectivity index (χ4v) is 4.36. The molecular weight excluding hydrogens is 422 g/mol. The molecule has 9 heteroatoms. The maximum absolute atomic E-state index is 12.6. The van der Waals surface area contributed by atoms with Crippen LogP contribution in [-0.4, -0.2) is 53.7 Å². The Morgan fingerprint density at radius 1 is 1.31 bits per heavy atom. The van der Waals surface area contributed by atoms with Crippen LogP contribution in [-0.2, 0) is 19.4 Å². The van der Waals surface area contributed by atoms with Gasteiger partial charge in [0, 0.05) is 23.8 Å². The molecule has 144 valence electrons. The van der Waals surface area contributed by atoms with Crippen molar-refractivity contribution in [2.75, 3.05) is 18.4 Å². The lowest BCUT2D eigenvalue weighted by atomic mass is 9.97. The van der Waals surface area contributed by atoms with Gasteiger partial charge in [-0.1, -0.05) is 0 Å². The number of halogens is 1. The number of nitrogens with one attached hydrogen (secondary N) is 1. The second-order valence-corrected chi connectivity index (χ2v) is 10.5. The summed E-state index contributed by atoms with van der Waals surface area (Å²) in [6.45, 7) is 5.25. The van der Waals surface area contributed by atoms with E-state index in [0.717, 1.165) is 4.47 Å². The minimum Gasteiger partial charge on any atom is -0.341 e. The summed E-state index contributed by atoms with van der Waals surface area (Å²) in [4.78, 5) is 30.7. The van der Waals surface area contributed by atoms with Gasteiger partial charge in [0.25, 0.3) is 0 Å². The van der Waals surface area contributed by atoms with Crippen molar-refractivity contribution in [2.45, 2.75) is 44.1 Å². The molecule has 1 aliphatic rings. The standard InChI is InChI=1S/C17H24BrN3O4S/c1-11(2)26(24,25)12(3)17(23)21-8-4-5-13(10-21)16(22)20-15-7-6-14(18)9-19-15/h6-7,9,11-13H,4-5,8,10H2,1-3H3,(H,19,20,22). The third kappa shape index (κ3) is 4.82. The predicted molar refractivity (Wildman–Crippen MR) is 103 cm³/mol. The van der Waals surface area contributed by atoms with Gasteiger partial charge in [-0.05, 0) is 61.7 Å². The van der Waals surface area contributed by atoms with Gasteiger partial charge < -0.3 is 10.2 Å². The van der Waals surface area contributed by atoms with Crippen molar-refractivity contribution in [1.29, 1.82) is 0 Å². The highest BCUT2D eigenvalue weighted by Crippen LogP contribution is 2.21. The molecule has 1 aromatic rings. The molecule has 2 unspecified atom stereocenters. The zero-order valence-electron chi connectivity index (χ0n) is 15.1. The molecule has 0 aliphatic carbocycles. The number of anilines is 1. The molecule has 1 saturated heterocycles. The van der Waals surface area contributed by atoms with Gasteiger partial charge in [0.2, 0.25) is 11.8 Å². The molecule has 2 heterocycles. The van der Waals surface area contributed by atoms with Gasteiger partial charge in [-0.3, -0.25) is 9.59 Å². The van der Waals surface area contributed by atoms with Crippen LogP contribution in [0.3, 0.4) is 0 Å². The van der Waals surface area contributed by atoms with Crippen molar-refractivity contribution in [3.63, 3.8) is 0 Å². The number of hydrogen-bond acceptors (Lipinski definition) is 5. The summed E-state index contributed by atoms with van der Waals surface area (Å²) in [7, 11) is -3.52. The molecule has 0 spiro atoms. The maximum Gasteiger partial charge on any atom is 0.240 e. The molecule has 1 aliphatic heterocycles. The van der Waals surface area contributed by atoms with Gasteiger partial charge in [0.15, 0.2) is 9.84 Å². The molecule has 1 aromatic heterocycles. The second-order valence-electron chi connectivity index (χ2n) is 6.75. The number of piperidine rings is 1. The van der Waals surface area contributed by atoms with Crippen LogP contribution in [0.1, 0.15) is 33.6 Å². The van der Waals surface area contributed by atoms with Crippen LogP contribution in [0, 0.1) is 5.92 Å². The summed E-state index contributed by atoms with van der Waals surface area (Å²) >= 11 is 3.28. The Balaban J connectivity index is 2.02. The normalized spacial score (nSPS) is 19.3. The number of hydrogen-bond donors (Lipinski definition) is 1. The van der Waals surface area contributed by atoms with Crippen LogP contribution in [0.15, 0.2) is 22.8 Å². The van der Waals surface area contributed by atoms with Crippen LogP contribution in [0.4, 0.5) is 5.82 Å². The van der Waals surface area contributed by atoms with Crippen molar-refractivity contribution in [1.82, 2.24) is 9.88 Å². The molecule has 0 radical (unpaired) electrons. The molecular formula is C17H24BrN3O4S. The number of nitrogens with zero attached hydrogens (tertiary/aromatic N) is 2. The SMILES string of the molecule is CC(C)S(=O)(=O)C(C)C(=O)N1CCCC(C(=O)Nc2ccc(Br)cn2)C1. The average Bonchev–Trinajstić information content (AvgIpc) is 2.62. The molecule has 2 atom stereocenters. The fourth-order valence-electron chi connectivity index (χ4n) is 2.88. The van der Waals surface area contributed by atoms with Gasteiger partial charge in [-0.25, -0.2) is 13.4 Å². The van der Waals surface area contributed by atoms with E-state index in [1.807, 2.05) is 0 Å². The summed E-state index contributed by atoms with van der Waals surface area (Å²) < 4.78 is 25.3. The first-order valence-electron chi connectivity index (χ1n) is 8.57. The number of carbonyl (C=O) groups is 2. The van der Waals surface area contributed by atoms with Gasteiger partial charge in [-0.15, -0.1) is 0 Å². The zero-order chi connectivity index (χ0) is 19.5. The van der Waals surface area contributed by atoms with E-state index < -0.39 is 26.2 Å². The number of amides is 2. The van der Waals surface area contributed by atoms with Gasteiger partial charge in [0.05, 0.1) is 11.2 Å². The second kappa shape index (κ2) is 8.47. The van der Waals surface area contributed by atoms with Gasteiger partial charge in [0.1, 0.15) is 11.1 Å². The van der Waals surface area contributed by atoms with Gasteiger partial charge >= 0.3 is 0 Å². The quantitative estimate of drug-likeness (QED) is 0.749. The Morgan fingerprint density at radius 3 is 2.58 bits per heavy atom. The Hall–Kier alpha value is -1.48. The third-order valence-corrected chi connectivity index (χ3v) is 7.55. The zero-order valence-corrected chi connectivity index (χ0v) is 17.5. The Kier molecular flexibility index (Phi) is 6.79. The minimum absolute atomic E-state index is 0.211. The summed E-state index contributed by atoms with van der Waals surface area (Å²) in [5.41, 5.74) is 0. The number of rotatable bonds is 5. The molecule has 2 rings (SSSR count). The Labute approximate surface area is 162 Å². The van der Waals surface area contributed by atoms with Crippen molar-refractivity contribution in [3.8, 4) is 0 Å². The highest BCUT2D eigenvalue weighted by Gasteiger charge is 2.36. The van der Waals surface area contributed by atoms with E-state index in [2.05, 4.69) is 26.2 Å². The van der Waals surface area contributed by atoms with Crippen LogP contribution < -0.4 is 5.32 Å². The molecule has 7 nitrogen and oxygen atoms in total. The summed E-state index contributed by atoms with van der Waals surface area (Å²) in [6.07, 6.45) is 2.90. The highest BCUT2D eigenvalue weighted by molar-refractivity contribution is 9.10. The first-order valence-corrected chi connectivity index (χ1v) is 11.0. The number of aromatic nitrogens is 1. The van der Waals surface area contributed by atoms with E-state index >= 15 is 0 Å². The van der Waals surface area contributed by atoms with Crippen LogP contribution in [0.2, 0.25) is 0 Å². The number of pyridine rings is 1. The lowest BCUT2D eigenvalue weighted by molar-refractivity contribution is -0.133. The number of carbonyl (C=O) groups excluding carboxylic acids is 2. The van der Waals surface area contributed by atoms with Crippen molar-refractivity contribution in [2.24, 2.45) is 5.92 Å². The lowest BCUT2D eigenvalue weighted by Gasteiger charge is -2.33. The number of sulfone groups is 1. The first kappa shape index (κ1) is 20.8. The Bertz CT molecular complexity index is 765. The van der Waals surface area contributed by atoms with E-state index in [0.29, 0.717) is 25.2 Å². The van der Waals surface area contributed by atoms with E-state index in [4.69, 9.17) is 0 Å². The minimum atomic E-state index is -3.52. The molecule has 0 aromatic carbocycles. The van der Waals surface area contributed by atoms with Gasteiger partial charge in [-0.2, -0.15) is 0 Å². The van der Waals surface area contributed by atoms with Crippen molar-refractivity contribution < 1.29 is 18.0 Å². The van der Waals surface area contributed by atoms with Crippen LogP contribution >= 0.6 is 15.9 Å². The summed E-state index contributed by atoms with van der Waals surface area (Å²) in [5, 5.41) is 1.03. The smallest absolute Gasteiger partial charge is 0.240 e. The lowest BCUT2D eigenvalue weighted by Crippen LogP contribution is -2.49. The van der Waals surface area contributed by atoms with E-state index in [-0.39, 0.29) is 18.4 Å². The fraction of sp³-hybridized carbons (Fsp3) is 0.588. The first-order chi connectivity index (χ1) is 12.1. The van der Waals surface area contributed by atoms with E-state index in [9.17, 15) is 18.0 Å². The predicted octanol–water partition coefficient (Wildman–Crippen LogP) is 2.23. The maximum atomic E-state index is 12.6. The van der Waals surface area contributed by atoms with E-state index in [1.54, 1.807) is 32.2 Å². The van der Waals surface area contributed by atoms with Crippen molar-refractivity contribution >= 4 is 43.4 Å². The third-order valence-electron chi connectivity index (χ3n) is 4.58. The molecule has 26 heavy (non-hydrogen) atoms. The van der Waals surface area contributed by atoms with E-state index in [1.165, 1.54) is 11.8 Å². The molecule has 2 amide bonds. The average molecular weight is 446 g/mol. The number of likely N-dealkylation sites (tertiary alicyclic amines) is 1. The van der Waals surface area contributed by atoms with Crippen molar-refractivity contribution in [3.05, 3.63) is 22.8 Å². The topological polar surface area (TPSA) is 96.4 Å². The Morgan fingerprint density at radius 2 is 2.00 bits per heavy atom. The van der Waals surface area contributed by atoms with Crippen LogP contribution in [0.5, 0.6) is 0 Å². The largest absolute Gasteiger partial charge is 0.341 e. The molecule has 0 saturated carbocycles.